The van der Waals surface area contributed by atoms with E-state index in [1.54, 1.807) is 13.0 Å². The minimum Gasteiger partial charge on any atom is -0.378 e. The van der Waals surface area contributed by atoms with Crippen LogP contribution in [0.5, 0.6) is 0 Å². The highest BCUT2D eigenvalue weighted by Crippen LogP contribution is 2.18. The Morgan fingerprint density at radius 1 is 1.24 bits per heavy atom. The predicted octanol–water partition coefficient (Wildman–Crippen LogP) is 2.07. The van der Waals surface area contributed by atoms with Gasteiger partial charge < -0.3 is 9.74 Å². The molecule has 0 atom stereocenters. The number of rotatable bonds is 2. The van der Waals surface area contributed by atoms with Crippen molar-refractivity contribution in [1.29, 1.82) is 0 Å². The fourth-order valence-electron chi connectivity index (χ4n) is 1.55. The molecule has 0 radical (unpaired) electrons. The van der Waals surface area contributed by atoms with Crippen molar-refractivity contribution in [3.63, 3.8) is 0 Å². The summed E-state index contributed by atoms with van der Waals surface area (Å²) >= 11 is 0. The Labute approximate surface area is 100 Å². The molecule has 0 saturated heterocycles. The first-order valence-electron chi connectivity index (χ1n) is 5.33. The summed E-state index contributed by atoms with van der Waals surface area (Å²) in [5, 5.41) is 3.63. The second-order valence-corrected chi connectivity index (χ2v) is 4.10. The fraction of sp³-hybridized carbons (Fsp3) is 0.231. The quantitative estimate of drug-likeness (QED) is 0.577. The molecule has 0 fully saturated rings. The molecule has 0 unspecified atom stereocenters. The van der Waals surface area contributed by atoms with E-state index in [1.165, 1.54) is 0 Å². The van der Waals surface area contributed by atoms with Gasteiger partial charge in [0.1, 0.15) is 0 Å². The second-order valence-electron chi connectivity index (χ2n) is 4.10. The van der Waals surface area contributed by atoms with Crippen LogP contribution in [0.4, 0.5) is 5.69 Å². The van der Waals surface area contributed by atoms with Crippen LogP contribution in [0.2, 0.25) is 0 Å². The Bertz CT molecular complexity index is 499. The van der Waals surface area contributed by atoms with Crippen molar-refractivity contribution in [3.05, 3.63) is 35.4 Å². The third kappa shape index (κ3) is 2.36. The number of hydrogen-bond donors (Lipinski definition) is 0. The van der Waals surface area contributed by atoms with Crippen LogP contribution in [0.3, 0.4) is 0 Å². The number of carbonyl (C=O) groups is 1. The number of oxime groups is 1. The van der Waals surface area contributed by atoms with Crippen molar-refractivity contribution in [1.82, 2.24) is 0 Å². The van der Waals surface area contributed by atoms with E-state index in [9.17, 15) is 4.79 Å². The molecule has 1 aromatic carbocycles. The summed E-state index contributed by atoms with van der Waals surface area (Å²) in [7, 11) is 3.97. The van der Waals surface area contributed by atoms with E-state index in [4.69, 9.17) is 0 Å². The molecule has 1 heterocycles. The molecule has 1 aliphatic rings. The van der Waals surface area contributed by atoms with Crippen molar-refractivity contribution in [2.24, 2.45) is 5.16 Å². The largest absolute Gasteiger partial charge is 0.378 e. The molecule has 0 bridgehead atoms. The molecular formula is C13H14N2O2. The van der Waals surface area contributed by atoms with Gasteiger partial charge in [-0.3, -0.25) is 0 Å². The number of nitrogens with zero attached hydrogens (tertiary/aromatic N) is 2. The van der Waals surface area contributed by atoms with Gasteiger partial charge in [0.2, 0.25) is 0 Å². The molecule has 0 spiro atoms. The third-order valence-electron chi connectivity index (χ3n) is 2.60. The van der Waals surface area contributed by atoms with E-state index in [2.05, 4.69) is 9.99 Å². The first kappa shape index (κ1) is 11.4. The zero-order valence-corrected chi connectivity index (χ0v) is 10.1. The Hall–Kier alpha value is -2.10. The SMILES string of the molecule is CC1=NOC(=O)/C1=C\c1ccc(N(C)C)cc1. The maximum Gasteiger partial charge on any atom is 0.367 e. The molecule has 0 aliphatic carbocycles. The molecule has 0 aromatic heterocycles. The average molecular weight is 230 g/mol. The van der Waals surface area contributed by atoms with Gasteiger partial charge in [0.15, 0.2) is 0 Å². The summed E-state index contributed by atoms with van der Waals surface area (Å²) < 4.78 is 0. The maximum absolute atomic E-state index is 11.4. The van der Waals surface area contributed by atoms with Crippen LogP contribution in [0, 0.1) is 0 Å². The van der Waals surface area contributed by atoms with E-state index in [-0.39, 0.29) is 5.97 Å². The molecule has 1 aliphatic heterocycles. The topological polar surface area (TPSA) is 41.9 Å². The van der Waals surface area contributed by atoms with Gasteiger partial charge in [-0.05, 0) is 30.7 Å². The van der Waals surface area contributed by atoms with Gasteiger partial charge in [-0.2, -0.15) is 0 Å². The van der Waals surface area contributed by atoms with Gasteiger partial charge in [0, 0.05) is 19.8 Å². The molecule has 1 aromatic rings. The summed E-state index contributed by atoms with van der Waals surface area (Å²) in [4.78, 5) is 18.0. The summed E-state index contributed by atoms with van der Waals surface area (Å²) in [5.74, 6) is -0.390. The lowest BCUT2D eigenvalue weighted by atomic mass is 10.1. The van der Waals surface area contributed by atoms with Crippen LogP contribution in [-0.4, -0.2) is 25.8 Å². The zero-order chi connectivity index (χ0) is 12.4. The highest BCUT2D eigenvalue weighted by atomic mass is 16.7. The monoisotopic (exact) mass is 230 g/mol. The average Bonchev–Trinajstić information content (AvgIpc) is 2.61. The molecular weight excluding hydrogens is 216 g/mol. The van der Waals surface area contributed by atoms with Crippen molar-refractivity contribution < 1.29 is 9.63 Å². The molecule has 88 valence electrons. The van der Waals surface area contributed by atoms with E-state index in [1.807, 2.05) is 43.3 Å². The van der Waals surface area contributed by atoms with Crippen molar-refractivity contribution in [2.75, 3.05) is 19.0 Å². The normalized spacial score (nSPS) is 17.0. The van der Waals surface area contributed by atoms with E-state index in [0.29, 0.717) is 11.3 Å². The summed E-state index contributed by atoms with van der Waals surface area (Å²) in [6, 6.07) is 7.92. The first-order chi connectivity index (χ1) is 8.08. The molecule has 4 heteroatoms. The van der Waals surface area contributed by atoms with E-state index >= 15 is 0 Å². The standard InChI is InChI=1S/C13H14N2O2/c1-9-12(13(16)17-14-9)8-10-4-6-11(7-5-10)15(2)3/h4-8H,1-3H3/b12-8-. The number of hydrogen-bond acceptors (Lipinski definition) is 4. The molecule has 0 N–H and O–H groups in total. The molecule has 17 heavy (non-hydrogen) atoms. The summed E-state index contributed by atoms with van der Waals surface area (Å²) in [5.41, 5.74) is 3.21. The zero-order valence-electron chi connectivity index (χ0n) is 10.1. The fourth-order valence-corrected chi connectivity index (χ4v) is 1.55. The third-order valence-corrected chi connectivity index (χ3v) is 2.60. The summed E-state index contributed by atoms with van der Waals surface area (Å²) in [6.45, 7) is 1.75. The Morgan fingerprint density at radius 3 is 2.35 bits per heavy atom. The molecule has 0 saturated carbocycles. The van der Waals surface area contributed by atoms with Crippen molar-refractivity contribution in [2.45, 2.75) is 6.92 Å². The summed E-state index contributed by atoms with van der Waals surface area (Å²) in [6.07, 6.45) is 1.79. The molecule has 4 nitrogen and oxygen atoms in total. The minimum atomic E-state index is -0.390. The second kappa shape index (κ2) is 4.41. The van der Waals surface area contributed by atoms with Crippen LogP contribution in [0.25, 0.3) is 6.08 Å². The van der Waals surface area contributed by atoms with E-state index in [0.717, 1.165) is 11.3 Å². The highest BCUT2D eigenvalue weighted by Gasteiger charge is 2.21. The van der Waals surface area contributed by atoms with E-state index < -0.39 is 0 Å². The van der Waals surface area contributed by atoms with Crippen LogP contribution in [0.1, 0.15) is 12.5 Å². The lowest BCUT2D eigenvalue weighted by Gasteiger charge is -2.11. The van der Waals surface area contributed by atoms with Gasteiger partial charge in [-0.15, -0.1) is 0 Å². The van der Waals surface area contributed by atoms with Crippen molar-refractivity contribution in [3.8, 4) is 0 Å². The van der Waals surface area contributed by atoms with Crippen LogP contribution in [0.15, 0.2) is 35.0 Å². The predicted molar refractivity (Wildman–Crippen MR) is 67.9 cm³/mol. The van der Waals surface area contributed by atoms with Gasteiger partial charge in [-0.25, -0.2) is 4.79 Å². The number of benzene rings is 1. The Morgan fingerprint density at radius 2 is 1.88 bits per heavy atom. The van der Waals surface area contributed by atoms with Gasteiger partial charge in [0.05, 0.1) is 11.3 Å². The van der Waals surface area contributed by atoms with Gasteiger partial charge >= 0.3 is 5.97 Å². The molecule has 0 amide bonds. The van der Waals surface area contributed by atoms with Crippen molar-refractivity contribution >= 4 is 23.4 Å². The lowest BCUT2D eigenvalue weighted by Crippen LogP contribution is -2.08. The van der Waals surface area contributed by atoms with Crippen LogP contribution >= 0.6 is 0 Å². The highest BCUT2D eigenvalue weighted by molar-refractivity contribution is 6.24. The Balaban J connectivity index is 2.27. The lowest BCUT2D eigenvalue weighted by molar-refractivity contribution is -0.136. The maximum atomic E-state index is 11.4. The Kier molecular flexibility index (Phi) is 2.95. The van der Waals surface area contributed by atoms with Crippen LogP contribution in [-0.2, 0) is 9.63 Å². The van der Waals surface area contributed by atoms with Crippen LogP contribution < -0.4 is 4.90 Å². The molecule has 2 rings (SSSR count). The first-order valence-corrected chi connectivity index (χ1v) is 5.33. The smallest absolute Gasteiger partial charge is 0.367 e. The van der Waals surface area contributed by atoms with Gasteiger partial charge in [-0.1, -0.05) is 17.3 Å². The van der Waals surface area contributed by atoms with Gasteiger partial charge in [0.25, 0.3) is 0 Å². The number of anilines is 1. The minimum absolute atomic E-state index is 0.390. The number of carbonyl (C=O) groups excluding carboxylic acids is 1.